The SMILES string of the molecule is CC1CN(C(=O)COc2cc(CC(=O)N3CC[C@@H](O)C3)on2)CCC1N1CCN2c3cc(-c4ccccc4O)nnc3NC[C@H]2C1. The number of carbonyl (C=O) groups excluding carboxylic acids is 2. The number of aliphatic hydroxyl groups is 1. The molecule has 14 nitrogen and oxygen atoms in total. The monoisotopic (exact) mass is 632 g/mol. The number of nitrogens with one attached hydrogen (secondary N) is 1. The fraction of sp³-hybridized carbons (Fsp3) is 0.531. The summed E-state index contributed by atoms with van der Waals surface area (Å²) in [5.41, 5.74) is 2.32. The highest BCUT2D eigenvalue weighted by Gasteiger charge is 2.39. The Bertz CT molecular complexity index is 1580. The number of hydrogen-bond donors (Lipinski definition) is 3. The number of benzene rings is 1. The van der Waals surface area contributed by atoms with Crippen LogP contribution in [0.4, 0.5) is 11.5 Å². The number of phenolic OH excluding ortho intramolecular Hbond substituents is 1. The number of phenols is 1. The quantitative estimate of drug-likeness (QED) is 0.342. The highest BCUT2D eigenvalue weighted by molar-refractivity contribution is 5.79. The molecule has 3 N–H and O–H groups in total. The number of rotatable bonds is 7. The van der Waals surface area contributed by atoms with E-state index in [1.54, 1.807) is 23.1 Å². The van der Waals surface area contributed by atoms with E-state index in [1.807, 2.05) is 23.1 Å². The molecule has 1 aromatic carbocycles. The summed E-state index contributed by atoms with van der Waals surface area (Å²) >= 11 is 0. The molecule has 2 aromatic heterocycles. The standard InChI is InChI=1S/C32H40N8O6/c1-20-16-38(31(44)19-45-29-12-23(46-36-29)13-30(43)39-8-6-22(41)18-39)9-7-26(20)37-10-11-40-21(17-37)15-33-32-27(40)14-25(34-35-32)24-4-2-3-5-28(24)42/h2-5,12,14,20-22,26,41-42H,6-11,13,15-19H2,1H3,(H,33,35)/t20?,21-,22+,26?/m0/s1. The molecule has 0 bridgehead atoms. The van der Waals surface area contributed by atoms with E-state index in [9.17, 15) is 19.8 Å². The van der Waals surface area contributed by atoms with Crippen LogP contribution in [-0.2, 0) is 16.0 Å². The number of para-hydroxylation sites is 1. The molecule has 0 aliphatic carbocycles. The first-order valence-corrected chi connectivity index (χ1v) is 16.0. The van der Waals surface area contributed by atoms with Gasteiger partial charge in [0.1, 0.15) is 11.5 Å². The minimum absolute atomic E-state index is 0.0348. The molecule has 0 saturated carbocycles. The van der Waals surface area contributed by atoms with Crippen LogP contribution in [0.25, 0.3) is 11.3 Å². The summed E-state index contributed by atoms with van der Waals surface area (Å²) in [6, 6.07) is 11.4. The number of β-amino-alcohol motifs (C(OH)–C–C–N with tert-alkyl or cyclic N) is 1. The second kappa shape index (κ2) is 12.8. The lowest BCUT2D eigenvalue weighted by Crippen LogP contribution is -2.62. The van der Waals surface area contributed by atoms with Gasteiger partial charge in [0.15, 0.2) is 12.4 Å². The predicted molar refractivity (Wildman–Crippen MR) is 167 cm³/mol. The third kappa shape index (κ3) is 6.18. The summed E-state index contributed by atoms with van der Waals surface area (Å²) in [5, 5.41) is 36.1. The van der Waals surface area contributed by atoms with Gasteiger partial charge >= 0.3 is 0 Å². The molecule has 2 unspecified atom stereocenters. The predicted octanol–water partition coefficient (Wildman–Crippen LogP) is 1.21. The van der Waals surface area contributed by atoms with Crippen molar-refractivity contribution in [2.45, 2.75) is 44.4 Å². The summed E-state index contributed by atoms with van der Waals surface area (Å²) in [4.78, 5) is 33.9. The number of fused-ring (bicyclic) bond motifs is 3. The molecule has 4 aliphatic heterocycles. The van der Waals surface area contributed by atoms with Gasteiger partial charge in [0, 0.05) is 70.0 Å². The van der Waals surface area contributed by atoms with Crippen molar-refractivity contribution < 1.29 is 29.1 Å². The van der Waals surface area contributed by atoms with E-state index in [0.717, 1.165) is 44.1 Å². The second-order valence-corrected chi connectivity index (χ2v) is 12.8. The number of hydrogen-bond acceptors (Lipinski definition) is 12. The van der Waals surface area contributed by atoms with Crippen LogP contribution in [0.3, 0.4) is 0 Å². The van der Waals surface area contributed by atoms with Gasteiger partial charge in [0.05, 0.1) is 29.9 Å². The van der Waals surface area contributed by atoms with Crippen LogP contribution in [0, 0.1) is 5.92 Å². The van der Waals surface area contributed by atoms with Gasteiger partial charge in [-0.15, -0.1) is 10.2 Å². The number of piperazine rings is 1. The summed E-state index contributed by atoms with van der Waals surface area (Å²) < 4.78 is 10.9. The van der Waals surface area contributed by atoms with Crippen molar-refractivity contribution in [2.24, 2.45) is 5.92 Å². The van der Waals surface area contributed by atoms with Gasteiger partial charge in [-0.1, -0.05) is 19.1 Å². The summed E-state index contributed by atoms with van der Waals surface area (Å²) in [7, 11) is 0. The molecular weight excluding hydrogens is 592 g/mol. The molecule has 0 radical (unpaired) electrons. The number of carbonyl (C=O) groups is 2. The third-order valence-electron chi connectivity index (χ3n) is 9.69. The maximum atomic E-state index is 13.0. The highest BCUT2D eigenvalue weighted by atomic mass is 16.5. The number of anilines is 2. The third-order valence-corrected chi connectivity index (χ3v) is 9.69. The number of aromatic hydroxyl groups is 1. The van der Waals surface area contributed by atoms with Gasteiger partial charge in [0.2, 0.25) is 5.91 Å². The Hall–Kier alpha value is -4.43. The molecule has 3 aromatic rings. The van der Waals surface area contributed by atoms with Crippen LogP contribution < -0.4 is 15.0 Å². The average Bonchev–Trinajstić information content (AvgIpc) is 3.71. The van der Waals surface area contributed by atoms with Crippen molar-refractivity contribution in [1.29, 1.82) is 0 Å². The molecule has 2 amide bonds. The molecule has 14 heteroatoms. The first-order valence-electron chi connectivity index (χ1n) is 16.0. The van der Waals surface area contributed by atoms with E-state index in [4.69, 9.17) is 9.26 Å². The maximum Gasteiger partial charge on any atom is 0.260 e. The summed E-state index contributed by atoms with van der Waals surface area (Å²) in [5.74, 6) is 1.55. The van der Waals surface area contributed by atoms with Crippen molar-refractivity contribution in [1.82, 2.24) is 30.1 Å². The van der Waals surface area contributed by atoms with Gasteiger partial charge in [0.25, 0.3) is 11.8 Å². The molecule has 6 heterocycles. The topological polar surface area (TPSA) is 161 Å². The van der Waals surface area contributed by atoms with Crippen LogP contribution in [0.2, 0.25) is 0 Å². The average molecular weight is 633 g/mol. The Morgan fingerprint density at radius 3 is 2.65 bits per heavy atom. The second-order valence-electron chi connectivity index (χ2n) is 12.8. The van der Waals surface area contributed by atoms with Crippen LogP contribution in [0.5, 0.6) is 11.6 Å². The normalized spacial score (nSPS) is 24.7. The van der Waals surface area contributed by atoms with E-state index in [0.29, 0.717) is 61.6 Å². The van der Waals surface area contributed by atoms with Crippen molar-refractivity contribution in [3.05, 3.63) is 42.2 Å². The van der Waals surface area contributed by atoms with Gasteiger partial charge in [-0.2, -0.15) is 0 Å². The maximum absolute atomic E-state index is 13.0. The number of ether oxygens (including phenoxy) is 1. The Kier molecular flexibility index (Phi) is 8.38. The Morgan fingerprint density at radius 1 is 1.02 bits per heavy atom. The smallest absolute Gasteiger partial charge is 0.260 e. The number of nitrogens with zero attached hydrogens (tertiary/aromatic N) is 7. The largest absolute Gasteiger partial charge is 0.507 e. The van der Waals surface area contributed by atoms with Crippen LogP contribution in [-0.4, -0.2) is 129 Å². The van der Waals surface area contributed by atoms with Crippen LogP contribution in [0.1, 0.15) is 25.5 Å². The Balaban J connectivity index is 0.901. The minimum Gasteiger partial charge on any atom is -0.507 e. The first-order chi connectivity index (χ1) is 22.3. The first kappa shape index (κ1) is 30.2. The van der Waals surface area contributed by atoms with Crippen molar-refractivity contribution >= 4 is 23.3 Å². The van der Waals surface area contributed by atoms with E-state index in [1.165, 1.54) is 0 Å². The van der Waals surface area contributed by atoms with Crippen molar-refractivity contribution in [2.75, 3.05) is 69.2 Å². The minimum atomic E-state index is -0.476. The zero-order valence-electron chi connectivity index (χ0n) is 25.9. The zero-order chi connectivity index (χ0) is 31.8. The molecule has 3 fully saturated rings. The number of aromatic nitrogens is 3. The van der Waals surface area contributed by atoms with E-state index < -0.39 is 6.10 Å². The van der Waals surface area contributed by atoms with E-state index in [-0.39, 0.29) is 42.5 Å². The highest BCUT2D eigenvalue weighted by Crippen LogP contribution is 2.37. The van der Waals surface area contributed by atoms with Gasteiger partial charge < -0.3 is 39.5 Å². The van der Waals surface area contributed by atoms with E-state index >= 15 is 0 Å². The number of piperidine rings is 1. The fourth-order valence-corrected chi connectivity index (χ4v) is 7.24. The number of likely N-dealkylation sites (tertiary alicyclic amines) is 2. The van der Waals surface area contributed by atoms with Crippen LogP contribution >= 0.6 is 0 Å². The number of amides is 2. The molecule has 4 aliphatic rings. The zero-order valence-corrected chi connectivity index (χ0v) is 25.9. The molecule has 244 valence electrons. The lowest BCUT2D eigenvalue weighted by atomic mass is 9.90. The molecular formula is C32H40N8O6. The van der Waals surface area contributed by atoms with Gasteiger partial charge in [-0.25, -0.2) is 0 Å². The van der Waals surface area contributed by atoms with Crippen LogP contribution in [0.15, 0.2) is 40.9 Å². The molecule has 0 spiro atoms. The van der Waals surface area contributed by atoms with Gasteiger partial charge in [-0.05, 0) is 42.1 Å². The van der Waals surface area contributed by atoms with Crippen molar-refractivity contribution in [3.8, 4) is 22.9 Å². The van der Waals surface area contributed by atoms with Gasteiger partial charge in [-0.3, -0.25) is 14.5 Å². The summed E-state index contributed by atoms with van der Waals surface area (Å²) in [6.45, 7) is 7.68. The van der Waals surface area contributed by atoms with E-state index in [2.05, 4.69) is 37.4 Å². The molecule has 7 rings (SSSR count). The Labute approximate surface area is 266 Å². The molecule has 4 atom stereocenters. The lowest BCUT2D eigenvalue weighted by molar-refractivity contribution is -0.136. The summed E-state index contributed by atoms with van der Waals surface area (Å²) in [6.07, 6.45) is 1.02. The fourth-order valence-electron chi connectivity index (χ4n) is 7.24. The molecule has 46 heavy (non-hydrogen) atoms. The Morgan fingerprint density at radius 2 is 1.85 bits per heavy atom. The molecule has 3 saturated heterocycles. The van der Waals surface area contributed by atoms with Crippen molar-refractivity contribution in [3.63, 3.8) is 0 Å². The lowest BCUT2D eigenvalue weighted by Gasteiger charge is -2.50. The number of aliphatic hydroxyl groups excluding tert-OH is 1.